The fourth-order valence-corrected chi connectivity index (χ4v) is 2.77. The van der Waals surface area contributed by atoms with Gasteiger partial charge in [-0.05, 0) is 51.0 Å². The van der Waals surface area contributed by atoms with Gasteiger partial charge in [0, 0.05) is 17.8 Å². The molecule has 1 amide bonds. The molecule has 130 valence electrons. The molecule has 1 heterocycles. The number of aryl methyl sites for hydroxylation is 2. The number of carbonyl (C=O) groups is 1. The number of halogens is 1. The topological polar surface area (TPSA) is 72.9 Å². The summed E-state index contributed by atoms with van der Waals surface area (Å²) >= 11 is 0. The lowest BCUT2D eigenvalue weighted by molar-refractivity contribution is 0.0895. The Morgan fingerprint density at radius 2 is 1.96 bits per heavy atom. The van der Waals surface area contributed by atoms with Gasteiger partial charge in [0.25, 0.3) is 5.91 Å². The van der Waals surface area contributed by atoms with Crippen LogP contribution in [0.4, 0.5) is 4.39 Å². The Balaban J connectivity index is 2.29. The molecule has 0 saturated heterocycles. The van der Waals surface area contributed by atoms with Gasteiger partial charge in [0.15, 0.2) is 0 Å². The third kappa shape index (κ3) is 3.48. The lowest BCUT2D eigenvalue weighted by Gasteiger charge is -2.31. The van der Waals surface area contributed by atoms with E-state index in [0.717, 1.165) is 24.2 Å². The molecular weight excluding hydrogens is 307 g/mol. The minimum atomic E-state index is -0.486. The van der Waals surface area contributed by atoms with Crippen molar-refractivity contribution in [2.75, 3.05) is 6.54 Å². The zero-order chi connectivity index (χ0) is 17.9. The van der Waals surface area contributed by atoms with Gasteiger partial charge in [-0.3, -0.25) is 4.79 Å². The molecule has 2 rings (SSSR count). The van der Waals surface area contributed by atoms with Crippen molar-refractivity contribution in [1.29, 1.82) is 0 Å². The first kappa shape index (κ1) is 18.1. The minimum Gasteiger partial charge on any atom is -0.345 e. The number of aromatic nitrogens is 2. The first-order valence-corrected chi connectivity index (χ1v) is 8.21. The summed E-state index contributed by atoms with van der Waals surface area (Å²) in [5.41, 5.74) is 7.60. The van der Waals surface area contributed by atoms with E-state index in [1.807, 2.05) is 33.8 Å². The van der Waals surface area contributed by atoms with Crippen molar-refractivity contribution in [2.45, 2.75) is 46.1 Å². The molecule has 1 aromatic carbocycles. The Labute approximate surface area is 142 Å². The SMILES string of the molecule is CCC(CC)(CN)NC(=O)c1ccc(-n2nc(C)cc2C)c(F)c1. The van der Waals surface area contributed by atoms with E-state index >= 15 is 0 Å². The monoisotopic (exact) mass is 332 g/mol. The third-order valence-corrected chi connectivity index (χ3v) is 4.57. The molecule has 5 nitrogen and oxygen atoms in total. The van der Waals surface area contributed by atoms with Crippen molar-refractivity contribution in [2.24, 2.45) is 5.73 Å². The molecule has 3 N–H and O–H groups in total. The predicted molar refractivity (Wildman–Crippen MR) is 92.8 cm³/mol. The molecule has 1 aromatic heterocycles. The van der Waals surface area contributed by atoms with Crippen LogP contribution >= 0.6 is 0 Å². The number of benzene rings is 1. The summed E-state index contributed by atoms with van der Waals surface area (Å²) in [5, 5.41) is 7.22. The second-order valence-corrected chi connectivity index (χ2v) is 6.15. The molecule has 24 heavy (non-hydrogen) atoms. The summed E-state index contributed by atoms with van der Waals surface area (Å²) in [6.45, 7) is 8.01. The van der Waals surface area contributed by atoms with Crippen molar-refractivity contribution in [3.8, 4) is 5.69 Å². The van der Waals surface area contributed by atoms with Crippen LogP contribution in [0.3, 0.4) is 0 Å². The summed E-state index contributed by atoms with van der Waals surface area (Å²) in [6.07, 6.45) is 1.44. The summed E-state index contributed by atoms with van der Waals surface area (Å²) in [6, 6.07) is 6.30. The standard InChI is InChI=1S/C18H25FN4O/c1-5-18(6-2,11-20)21-17(24)14-7-8-16(15(19)10-14)23-13(4)9-12(3)22-23/h7-10H,5-6,11,20H2,1-4H3,(H,21,24). The number of hydrogen-bond donors (Lipinski definition) is 2. The predicted octanol–water partition coefficient (Wildman–Crippen LogP) is 2.88. The van der Waals surface area contributed by atoms with E-state index < -0.39 is 11.4 Å². The first-order chi connectivity index (χ1) is 11.4. The zero-order valence-electron chi connectivity index (χ0n) is 14.7. The number of carbonyl (C=O) groups excluding carboxylic acids is 1. The van der Waals surface area contributed by atoms with Crippen LogP contribution in [0.15, 0.2) is 24.3 Å². The highest BCUT2D eigenvalue weighted by Crippen LogP contribution is 2.19. The van der Waals surface area contributed by atoms with E-state index in [4.69, 9.17) is 5.73 Å². The van der Waals surface area contributed by atoms with Gasteiger partial charge in [-0.2, -0.15) is 5.10 Å². The highest BCUT2D eigenvalue weighted by molar-refractivity contribution is 5.95. The van der Waals surface area contributed by atoms with E-state index in [-0.39, 0.29) is 11.5 Å². The van der Waals surface area contributed by atoms with Crippen molar-refractivity contribution < 1.29 is 9.18 Å². The minimum absolute atomic E-state index is 0.275. The summed E-state index contributed by atoms with van der Waals surface area (Å²) in [4.78, 5) is 12.5. The molecule has 0 spiro atoms. The Morgan fingerprint density at radius 3 is 2.42 bits per heavy atom. The molecule has 6 heteroatoms. The van der Waals surface area contributed by atoms with Gasteiger partial charge in [-0.25, -0.2) is 9.07 Å². The third-order valence-electron chi connectivity index (χ3n) is 4.57. The summed E-state index contributed by atoms with van der Waals surface area (Å²) in [5.74, 6) is -0.803. The molecular formula is C18H25FN4O. The lowest BCUT2D eigenvalue weighted by Crippen LogP contribution is -2.52. The normalized spacial score (nSPS) is 11.6. The van der Waals surface area contributed by atoms with Crippen molar-refractivity contribution in [3.05, 3.63) is 47.0 Å². The van der Waals surface area contributed by atoms with E-state index in [9.17, 15) is 9.18 Å². The van der Waals surface area contributed by atoms with E-state index in [0.29, 0.717) is 12.2 Å². The van der Waals surface area contributed by atoms with Crippen LogP contribution in [-0.4, -0.2) is 27.8 Å². The van der Waals surface area contributed by atoms with Crippen LogP contribution in [0.25, 0.3) is 5.69 Å². The number of nitrogens with two attached hydrogens (primary N) is 1. The molecule has 0 bridgehead atoms. The van der Waals surface area contributed by atoms with Gasteiger partial charge in [-0.1, -0.05) is 13.8 Å². The number of nitrogens with zero attached hydrogens (tertiary/aromatic N) is 2. The average molecular weight is 332 g/mol. The van der Waals surface area contributed by atoms with Crippen molar-refractivity contribution >= 4 is 5.91 Å². The van der Waals surface area contributed by atoms with Gasteiger partial charge in [0.1, 0.15) is 11.5 Å². The molecule has 0 fully saturated rings. The number of amides is 1. The molecule has 0 atom stereocenters. The Bertz CT molecular complexity index is 726. The number of rotatable bonds is 6. The molecule has 0 radical (unpaired) electrons. The Morgan fingerprint density at radius 1 is 1.29 bits per heavy atom. The van der Waals surface area contributed by atoms with E-state index in [1.165, 1.54) is 10.7 Å². The van der Waals surface area contributed by atoms with Crippen LogP contribution < -0.4 is 11.1 Å². The average Bonchev–Trinajstić information content (AvgIpc) is 2.90. The molecule has 0 aliphatic carbocycles. The van der Waals surface area contributed by atoms with Crippen LogP contribution in [0, 0.1) is 19.7 Å². The van der Waals surface area contributed by atoms with E-state index in [2.05, 4.69) is 10.4 Å². The largest absolute Gasteiger partial charge is 0.345 e. The summed E-state index contributed by atoms with van der Waals surface area (Å²) in [7, 11) is 0. The number of hydrogen-bond acceptors (Lipinski definition) is 3. The molecule has 0 unspecified atom stereocenters. The molecule has 0 aliphatic heterocycles. The van der Waals surface area contributed by atoms with Crippen LogP contribution in [0.2, 0.25) is 0 Å². The zero-order valence-corrected chi connectivity index (χ0v) is 14.7. The molecule has 2 aromatic rings. The second kappa shape index (κ2) is 7.13. The lowest BCUT2D eigenvalue weighted by atomic mass is 9.92. The molecule has 0 aliphatic rings. The van der Waals surface area contributed by atoms with Gasteiger partial charge in [0.05, 0.1) is 11.2 Å². The van der Waals surface area contributed by atoms with Gasteiger partial charge >= 0.3 is 0 Å². The Hall–Kier alpha value is -2.21. The van der Waals surface area contributed by atoms with E-state index in [1.54, 1.807) is 12.1 Å². The first-order valence-electron chi connectivity index (χ1n) is 8.21. The highest BCUT2D eigenvalue weighted by atomic mass is 19.1. The van der Waals surface area contributed by atoms with Crippen LogP contribution in [-0.2, 0) is 0 Å². The smallest absolute Gasteiger partial charge is 0.251 e. The van der Waals surface area contributed by atoms with Gasteiger partial charge in [0.2, 0.25) is 0 Å². The quantitative estimate of drug-likeness (QED) is 0.854. The maximum atomic E-state index is 14.5. The number of nitrogens with one attached hydrogen (secondary N) is 1. The maximum Gasteiger partial charge on any atom is 0.251 e. The Kier molecular flexibility index (Phi) is 5.39. The van der Waals surface area contributed by atoms with Crippen LogP contribution in [0.5, 0.6) is 0 Å². The van der Waals surface area contributed by atoms with Crippen molar-refractivity contribution in [3.63, 3.8) is 0 Å². The van der Waals surface area contributed by atoms with Gasteiger partial charge < -0.3 is 11.1 Å². The van der Waals surface area contributed by atoms with Crippen LogP contribution in [0.1, 0.15) is 48.4 Å². The molecule has 0 saturated carbocycles. The summed E-state index contributed by atoms with van der Waals surface area (Å²) < 4.78 is 16.0. The highest BCUT2D eigenvalue weighted by Gasteiger charge is 2.27. The van der Waals surface area contributed by atoms with Gasteiger partial charge in [-0.15, -0.1) is 0 Å². The maximum absolute atomic E-state index is 14.5. The van der Waals surface area contributed by atoms with Crippen molar-refractivity contribution in [1.82, 2.24) is 15.1 Å². The second-order valence-electron chi connectivity index (χ2n) is 6.15. The fourth-order valence-electron chi connectivity index (χ4n) is 2.77. The fraction of sp³-hybridized carbons (Fsp3) is 0.444.